The first-order valence-corrected chi connectivity index (χ1v) is 6.05. The maximum Gasteiger partial charge on any atom is 0.223 e. The molecular formula is C12H21NO2. The first kappa shape index (κ1) is 10.9. The third kappa shape index (κ3) is 2.33. The molecular weight excluding hydrogens is 190 g/mol. The van der Waals surface area contributed by atoms with Crippen molar-refractivity contribution in [2.45, 2.75) is 39.2 Å². The van der Waals surface area contributed by atoms with Crippen LogP contribution < -0.4 is 0 Å². The minimum absolute atomic E-state index is 0.362. The number of carbonyl (C=O) groups is 1. The monoisotopic (exact) mass is 211 g/mol. The molecule has 1 atom stereocenters. The summed E-state index contributed by atoms with van der Waals surface area (Å²) in [5, 5.41) is 0. The van der Waals surface area contributed by atoms with E-state index in [4.69, 9.17) is 4.74 Å². The second-order valence-corrected chi connectivity index (χ2v) is 5.10. The fraction of sp³-hybridized carbons (Fsp3) is 0.917. The number of carbonyl (C=O) groups excluding carboxylic acids is 1. The third-order valence-corrected chi connectivity index (χ3v) is 3.76. The van der Waals surface area contributed by atoms with E-state index in [9.17, 15) is 4.79 Å². The Labute approximate surface area is 91.8 Å². The molecule has 0 aliphatic carbocycles. The van der Waals surface area contributed by atoms with Crippen LogP contribution in [0.5, 0.6) is 0 Å². The van der Waals surface area contributed by atoms with E-state index in [2.05, 4.69) is 18.7 Å². The van der Waals surface area contributed by atoms with Crippen LogP contribution in [0.2, 0.25) is 0 Å². The molecule has 0 N–H and O–H groups in total. The molecule has 2 saturated heterocycles. The van der Waals surface area contributed by atoms with Gasteiger partial charge < -0.3 is 9.64 Å². The lowest BCUT2D eigenvalue weighted by Gasteiger charge is -2.31. The van der Waals surface area contributed by atoms with E-state index >= 15 is 0 Å². The molecule has 0 spiro atoms. The zero-order valence-electron chi connectivity index (χ0n) is 9.74. The Balaban J connectivity index is 1.95. The molecule has 1 amide bonds. The Morgan fingerprint density at radius 3 is 2.53 bits per heavy atom. The summed E-state index contributed by atoms with van der Waals surface area (Å²) in [6.07, 6.45) is 2.81. The van der Waals surface area contributed by atoms with Gasteiger partial charge in [-0.15, -0.1) is 0 Å². The summed E-state index contributed by atoms with van der Waals surface area (Å²) in [7, 11) is 0. The molecule has 2 rings (SSSR count). The van der Waals surface area contributed by atoms with Crippen molar-refractivity contribution in [2.24, 2.45) is 11.8 Å². The maximum absolute atomic E-state index is 11.9. The molecule has 0 radical (unpaired) electrons. The van der Waals surface area contributed by atoms with Crippen molar-refractivity contribution in [3.05, 3.63) is 0 Å². The van der Waals surface area contributed by atoms with E-state index < -0.39 is 0 Å². The molecule has 0 aromatic heterocycles. The highest BCUT2D eigenvalue weighted by Gasteiger charge is 2.35. The highest BCUT2D eigenvalue weighted by molar-refractivity contribution is 5.79. The fourth-order valence-corrected chi connectivity index (χ4v) is 2.56. The number of amides is 1. The minimum atomic E-state index is 0.362. The minimum Gasteiger partial charge on any atom is -0.381 e. The topological polar surface area (TPSA) is 29.5 Å². The Hall–Kier alpha value is -0.570. The van der Waals surface area contributed by atoms with Crippen LogP contribution in [0.1, 0.15) is 33.1 Å². The van der Waals surface area contributed by atoms with Crippen LogP contribution in [0.4, 0.5) is 0 Å². The maximum atomic E-state index is 11.9. The van der Waals surface area contributed by atoms with E-state index in [-0.39, 0.29) is 0 Å². The van der Waals surface area contributed by atoms with Crippen molar-refractivity contribution in [3.63, 3.8) is 0 Å². The molecule has 0 bridgehead atoms. The van der Waals surface area contributed by atoms with Crippen molar-refractivity contribution < 1.29 is 9.53 Å². The van der Waals surface area contributed by atoms with Gasteiger partial charge in [-0.25, -0.2) is 0 Å². The van der Waals surface area contributed by atoms with Gasteiger partial charge in [0.15, 0.2) is 0 Å². The van der Waals surface area contributed by atoms with Crippen LogP contribution in [0, 0.1) is 11.8 Å². The van der Waals surface area contributed by atoms with Gasteiger partial charge in [-0.1, -0.05) is 13.8 Å². The molecule has 3 heteroatoms. The van der Waals surface area contributed by atoms with E-state index in [1.165, 1.54) is 0 Å². The van der Waals surface area contributed by atoms with Gasteiger partial charge in [0.05, 0.1) is 0 Å². The molecule has 2 fully saturated rings. The average molecular weight is 211 g/mol. The van der Waals surface area contributed by atoms with Crippen molar-refractivity contribution in [1.82, 2.24) is 4.90 Å². The van der Waals surface area contributed by atoms with E-state index in [1.54, 1.807) is 0 Å². The van der Waals surface area contributed by atoms with Gasteiger partial charge in [0.25, 0.3) is 0 Å². The zero-order chi connectivity index (χ0) is 10.8. The van der Waals surface area contributed by atoms with Gasteiger partial charge >= 0.3 is 0 Å². The second kappa shape index (κ2) is 4.52. The quantitative estimate of drug-likeness (QED) is 0.695. The van der Waals surface area contributed by atoms with Crippen LogP contribution in [0.25, 0.3) is 0 Å². The summed E-state index contributed by atoms with van der Waals surface area (Å²) in [5.74, 6) is 1.56. The average Bonchev–Trinajstić information content (AvgIpc) is 2.62. The number of hydrogen-bond acceptors (Lipinski definition) is 2. The van der Waals surface area contributed by atoms with Crippen LogP contribution in [-0.2, 0) is 9.53 Å². The van der Waals surface area contributed by atoms with Crippen molar-refractivity contribution in [2.75, 3.05) is 19.8 Å². The van der Waals surface area contributed by atoms with Crippen LogP contribution in [0.15, 0.2) is 0 Å². The molecule has 15 heavy (non-hydrogen) atoms. The highest BCUT2D eigenvalue weighted by atomic mass is 16.5. The molecule has 0 aromatic carbocycles. The first-order chi connectivity index (χ1) is 7.18. The summed E-state index contributed by atoms with van der Waals surface area (Å²) in [4.78, 5) is 14.0. The predicted molar refractivity (Wildman–Crippen MR) is 58.5 cm³/mol. The summed E-state index contributed by atoms with van der Waals surface area (Å²) < 4.78 is 5.33. The van der Waals surface area contributed by atoms with Gasteiger partial charge in [0.1, 0.15) is 0 Å². The molecule has 2 aliphatic heterocycles. The van der Waals surface area contributed by atoms with Gasteiger partial charge in [0, 0.05) is 32.2 Å². The summed E-state index contributed by atoms with van der Waals surface area (Å²) in [6, 6.07) is 0.454. The molecule has 0 aromatic rings. The van der Waals surface area contributed by atoms with Gasteiger partial charge in [0.2, 0.25) is 5.91 Å². The zero-order valence-corrected chi connectivity index (χ0v) is 9.74. The molecule has 0 unspecified atom stereocenters. The van der Waals surface area contributed by atoms with Crippen LogP contribution in [0.3, 0.4) is 0 Å². The Bertz CT molecular complexity index is 234. The normalized spacial score (nSPS) is 29.1. The number of nitrogens with zero attached hydrogens (tertiary/aromatic N) is 1. The largest absolute Gasteiger partial charge is 0.381 e. The van der Waals surface area contributed by atoms with Gasteiger partial charge in [-0.3, -0.25) is 4.79 Å². The smallest absolute Gasteiger partial charge is 0.223 e. The first-order valence-electron chi connectivity index (χ1n) is 6.05. The van der Waals surface area contributed by atoms with E-state index in [1.807, 2.05) is 0 Å². The van der Waals surface area contributed by atoms with E-state index in [0.29, 0.717) is 23.8 Å². The molecule has 2 aliphatic rings. The molecule has 2 heterocycles. The van der Waals surface area contributed by atoms with Crippen LogP contribution in [-0.4, -0.2) is 36.6 Å². The fourth-order valence-electron chi connectivity index (χ4n) is 2.56. The standard InChI is InChI=1S/C12H21NO2/c1-9(2)10-7-12(14)13(8-10)11-3-5-15-6-4-11/h9-11H,3-8H2,1-2H3/t10-/m0/s1. The number of rotatable bonds is 2. The van der Waals surface area contributed by atoms with E-state index in [0.717, 1.165) is 39.0 Å². The SMILES string of the molecule is CC(C)[C@H]1CC(=O)N(C2CCOCC2)C1. The van der Waals surface area contributed by atoms with Crippen molar-refractivity contribution in [1.29, 1.82) is 0 Å². The number of ether oxygens (including phenoxy) is 1. The Morgan fingerprint density at radius 2 is 2.00 bits per heavy atom. The molecule has 86 valence electrons. The Morgan fingerprint density at radius 1 is 1.33 bits per heavy atom. The molecule has 0 saturated carbocycles. The summed E-state index contributed by atoms with van der Waals surface area (Å²) in [6.45, 7) is 7.04. The van der Waals surface area contributed by atoms with Gasteiger partial charge in [-0.2, -0.15) is 0 Å². The lowest BCUT2D eigenvalue weighted by Crippen LogP contribution is -2.40. The van der Waals surface area contributed by atoms with Crippen molar-refractivity contribution in [3.8, 4) is 0 Å². The summed E-state index contributed by atoms with van der Waals surface area (Å²) in [5.41, 5.74) is 0. The second-order valence-electron chi connectivity index (χ2n) is 5.10. The summed E-state index contributed by atoms with van der Waals surface area (Å²) >= 11 is 0. The van der Waals surface area contributed by atoms with Crippen molar-refractivity contribution >= 4 is 5.91 Å². The number of likely N-dealkylation sites (tertiary alicyclic amines) is 1. The predicted octanol–water partition coefficient (Wildman–Crippen LogP) is 1.67. The van der Waals surface area contributed by atoms with Crippen LogP contribution >= 0.6 is 0 Å². The third-order valence-electron chi connectivity index (χ3n) is 3.76. The lowest BCUT2D eigenvalue weighted by molar-refractivity contribution is -0.131. The highest BCUT2D eigenvalue weighted by Crippen LogP contribution is 2.28. The molecule has 3 nitrogen and oxygen atoms in total. The number of hydrogen-bond donors (Lipinski definition) is 0. The Kier molecular flexibility index (Phi) is 3.29. The van der Waals surface area contributed by atoms with Gasteiger partial charge in [-0.05, 0) is 24.7 Å². The lowest BCUT2D eigenvalue weighted by atomic mass is 9.95.